The zero-order valence-corrected chi connectivity index (χ0v) is 17.9. The van der Waals surface area contributed by atoms with E-state index in [2.05, 4.69) is 48.3 Å². The molecule has 0 amide bonds. The lowest BCUT2D eigenvalue weighted by Gasteiger charge is -2.22. The number of aromatic nitrogens is 1. The minimum Gasteiger partial charge on any atom is -0.481 e. The fraction of sp³-hybridized carbons (Fsp3) is 0.294. The standard InChI is InChI=1S/C17H21BrN4O.HI/c1-19-17(20-11-15-5-4-6-16(21-15)23-3)22(2)12-13-7-9-14(18)10-8-13;/h4-10H,11-12H2,1-3H3,(H,19,20);1H. The fourth-order valence-electron chi connectivity index (χ4n) is 2.16. The lowest BCUT2D eigenvalue weighted by atomic mass is 10.2. The maximum atomic E-state index is 5.14. The Hall–Kier alpha value is -1.35. The highest BCUT2D eigenvalue weighted by atomic mass is 127. The van der Waals surface area contributed by atoms with Gasteiger partial charge in [0.25, 0.3) is 0 Å². The first-order chi connectivity index (χ1) is 11.1. The van der Waals surface area contributed by atoms with E-state index in [1.165, 1.54) is 5.56 Å². The number of rotatable bonds is 5. The topological polar surface area (TPSA) is 49.8 Å². The summed E-state index contributed by atoms with van der Waals surface area (Å²) in [5, 5.41) is 3.32. The van der Waals surface area contributed by atoms with E-state index >= 15 is 0 Å². The van der Waals surface area contributed by atoms with E-state index < -0.39 is 0 Å². The van der Waals surface area contributed by atoms with Crippen molar-refractivity contribution in [1.29, 1.82) is 0 Å². The third kappa shape index (κ3) is 6.27. The molecule has 2 aromatic rings. The van der Waals surface area contributed by atoms with Gasteiger partial charge in [-0.3, -0.25) is 4.99 Å². The van der Waals surface area contributed by atoms with Crippen molar-refractivity contribution in [1.82, 2.24) is 15.2 Å². The van der Waals surface area contributed by atoms with Crippen LogP contribution in [0.25, 0.3) is 0 Å². The number of halogens is 2. The maximum absolute atomic E-state index is 5.14. The zero-order valence-electron chi connectivity index (χ0n) is 14.0. The van der Waals surface area contributed by atoms with E-state index in [4.69, 9.17) is 4.74 Å². The molecule has 5 nitrogen and oxygen atoms in total. The van der Waals surface area contributed by atoms with Crippen LogP contribution in [0.2, 0.25) is 0 Å². The van der Waals surface area contributed by atoms with Crippen molar-refractivity contribution in [3.05, 3.63) is 58.2 Å². The number of ether oxygens (including phenoxy) is 1. The quantitative estimate of drug-likeness (QED) is 0.383. The van der Waals surface area contributed by atoms with E-state index in [1.54, 1.807) is 14.2 Å². The Morgan fingerprint density at radius 3 is 2.58 bits per heavy atom. The van der Waals surface area contributed by atoms with E-state index in [-0.39, 0.29) is 24.0 Å². The van der Waals surface area contributed by atoms with E-state index in [0.29, 0.717) is 12.4 Å². The first-order valence-electron chi connectivity index (χ1n) is 7.28. The van der Waals surface area contributed by atoms with Crippen LogP contribution in [0.4, 0.5) is 0 Å². The number of methoxy groups -OCH3 is 1. The van der Waals surface area contributed by atoms with Crippen molar-refractivity contribution in [2.45, 2.75) is 13.1 Å². The predicted octanol–water partition coefficient (Wildman–Crippen LogP) is 3.68. The second kappa shape index (κ2) is 10.5. The SMILES string of the molecule is CN=C(NCc1cccc(OC)n1)N(C)Cc1ccc(Br)cc1.I. The summed E-state index contributed by atoms with van der Waals surface area (Å²) in [6.45, 7) is 1.37. The summed E-state index contributed by atoms with van der Waals surface area (Å²) in [7, 11) is 5.40. The van der Waals surface area contributed by atoms with E-state index in [9.17, 15) is 0 Å². The molecule has 130 valence electrons. The maximum Gasteiger partial charge on any atom is 0.213 e. The van der Waals surface area contributed by atoms with Crippen LogP contribution in [-0.4, -0.2) is 37.0 Å². The molecule has 1 N–H and O–H groups in total. The Morgan fingerprint density at radius 2 is 1.96 bits per heavy atom. The molecule has 0 fully saturated rings. The lowest BCUT2D eigenvalue weighted by Crippen LogP contribution is -2.38. The molecule has 24 heavy (non-hydrogen) atoms. The van der Waals surface area contributed by atoms with Crippen LogP contribution < -0.4 is 10.1 Å². The van der Waals surface area contributed by atoms with Gasteiger partial charge < -0.3 is 15.0 Å². The summed E-state index contributed by atoms with van der Waals surface area (Å²) >= 11 is 3.45. The summed E-state index contributed by atoms with van der Waals surface area (Å²) in [4.78, 5) is 10.8. The molecule has 0 unspecified atom stereocenters. The summed E-state index contributed by atoms with van der Waals surface area (Å²) in [6, 6.07) is 14.0. The van der Waals surface area contributed by atoms with Crippen molar-refractivity contribution in [3.8, 4) is 5.88 Å². The average Bonchev–Trinajstić information content (AvgIpc) is 2.57. The van der Waals surface area contributed by atoms with Gasteiger partial charge in [0, 0.05) is 31.2 Å². The van der Waals surface area contributed by atoms with Gasteiger partial charge in [-0.2, -0.15) is 0 Å². The number of guanidine groups is 1. The third-order valence-electron chi connectivity index (χ3n) is 3.32. The van der Waals surface area contributed by atoms with Gasteiger partial charge in [0.1, 0.15) is 0 Å². The number of nitrogens with one attached hydrogen (secondary N) is 1. The van der Waals surface area contributed by atoms with Crippen molar-refractivity contribution < 1.29 is 4.74 Å². The minimum atomic E-state index is 0. The molecule has 7 heteroatoms. The molecule has 0 aliphatic carbocycles. The highest BCUT2D eigenvalue weighted by Gasteiger charge is 2.07. The molecule has 1 heterocycles. The molecule has 0 aliphatic rings. The second-order valence-electron chi connectivity index (χ2n) is 5.05. The summed E-state index contributed by atoms with van der Waals surface area (Å²) < 4.78 is 6.22. The number of hydrogen-bond donors (Lipinski definition) is 1. The zero-order chi connectivity index (χ0) is 16.7. The molecular weight excluding hydrogens is 483 g/mol. The number of nitrogens with zero attached hydrogens (tertiary/aromatic N) is 3. The normalized spacial score (nSPS) is 10.8. The number of pyridine rings is 1. The Bertz CT molecular complexity index is 664. The third-order valence-corrected chi connectivity index (χ3v) is 3.85. The molecule has 0 spiro atoms. The van der Waals surface area contributed by atoms with Crippen LogP contribution in [0.15, 0.2) is 51.9 Å². The molecule has 1 aromatic heterocycles. The van der Waals surface area contributed by atoms with Gasteiger partial charge in [-0.05, 0) is 23.8 Å². The van der Waals surface area contributed by atoms with Crippen LogP contribution in [-0.2, 0) is 13.1 Å². The first-order valence-corrected chi connectivity index (χ1v) is 8.08. The fourth-order valence-corrected chi connectivity index (χ4v) is 2.43. The highest BCUT2D eigenvalue weighted by molar-refractivity contribution is 14.0. The Labute approximate surface area is 168 Å². The molecule has 2 rings (SSSR count). The van der Waals surface area contributed by atoms with Crippen LogP contribution in [0.1, 0.15) is 11.3 Å². The van der Waals surface area contributed by atoms with Crippen LogP contribution in [0.5, 0.6) is 5.88 Å². The lowest BCUT2D eigenvalue weighted by molar-refractivity contribution is 0.396. The molecule has 0 saturated carbocycles. The van der Waals surface area contributed by atoms with Gasteiger partial charge in [0.05, 0.1) is 19.3 Å². The second-order valence-corrected chi connectivity index (χ2v) is 5.97. The summed E-state index contributed by atoms with van der Waals surface area (Å²) in [5.74, 6) is 1.43. The Balaban J connectivity index is 0.00000288. The number of benzene rings is 1. The molecule has 0 bridgehead atoms. The van der Waals surface area contributed by atoms with Gasteiger partial charge in [0.2, 0.25) is 5.88 Å². The van der Waals surface area contributed by atoms with Crippen LogP contribution >= 0.6 is 39.9 Å². The molecular formula is C17H22BrIN4O. The van der Waals surface area contributed by atoms with Crippen molar-refractivity contribution in [2.24, 2.45) is 4.99 Å². The molecule has 0 atom stereocenters. The van der Waals surface area contributed by atoms with Crippen molar-refractivity contribution >= 4 is 45.9 Å². The monoisotopic (exact) mass is 504 g/mol. The Morgan fingerprint density at radius 1 is 1.25 bits per heavy atom. The van der Waals surface area contributed by atoms with Gasteiger partial charge >= 0.3 is 0 Å². The van der Waals surface area contributed by atoms with Crippen LogP contribution in [0, 0.1) is 0 Å². The van der Waals surface area contributed by atoms with Gasteiger partial charge in [-0.15, -0.1) is 24.0 Å². The Kier molecular flexibility index (Phi) is 9.05. The molecule has 0 aliphatic heterocycles. The first kappa shape index (κ1) is 20.7. The molecule has 0 radical (unpaired) electrons. The van der Waals surface area contributed by atoms with E-state index in [0.717, 1.165) is 22.7 Å². The smallest absolute Gasteiger partial charge is 0.213 e. The van der Waals surface area contributed by atoms with Gasteiger partial charge in [-0.1, -0.05) is 34.1 Å². The van der Waals surface area contributed by atoms with Gasteiger partial charge in [0.15, 0.2) is 5.96 Å². The van der Waals surface area contributed by atoms with E-state index in [1.807, 2.05) is 37.4 Å². The summed E-state index contributed by atoms with van der Waals surface area (Å²) in [6.07, 6.45) is 0. The number of aliphatic imine (C=N–C) groups is 1. The largest absolute Gasteiger partial charge is 0.481 e. The number of hydrogen-bond acceptors (Lipinski definition) is 3. The molecule has 0 saturated heterocycles. The van der Waals surface area contributed by atoms with Crippen molar-refractivity contribution in [2.75, 3.05) is 21.2 Å². The highest BCUT2D eigenvalue weighted by Crippen LogP contribution is 2.12. The van der Waals surface area contributed by atoms with Gasteiger partial charge in [-0.25, -0.2) is 4.98 Å². The minimum absolute atomic E-state index is 0. The average molecular weight is 505 g/mol. The van der Waals surface area contributed by atoms with Crippen LogP contribution in [0.3, 0.4) is 0 Å². The predicted molar refractivity (Wildman–Crippen MR) is 112 cm³/mol. The van der Waals surface area contributed by atoms with Crippen molar-refractivity contribution in [3.63, 3.8) is 0 Å². The molecule has 1 aromatic carbocycles. The summed E-state index contributed by atoms with van der Waals surface area (Å²) in [5.41, 5.74) is 2.13.